The molecular weight excluding hydrogens is 324 g/mol. The lowest BCUT2D eigenvalue weighted by molar-refractivity contribution is 0.0822. The van der Waals surface area contributed by atoms with E-state index in [1.54, 1.807) is 0 Å². The lowest BCUT2D eigenvalue weighted by Gasteiger charge is -2.43. The van der Waals surface area contributed by atoms with E-state index in [2.05, 4.69) is 34.6 Å². The van der Waals surface area contributed by atoms with Gasteiger partial charge in [-0.2, -0.15) is 0 Å². The van der Waals surface area contributed by atoms with Crippen molar-refractivity contribution >= 4 is 0 Å². The summed E-state index contributed by atoms with van der Waals surface area (Å²) in [5.41, 5.74) is 0.668. The predicted octanol–water partition coefficient (Wildman–Crippen LogP) is 10.5. The summed E-state index contributed by atoms with van der Waals surface area (Å²) in [5, 5.41) is 0. The Hall–Kier alpha value is 0. The molecule has 0 fully saturated rings. The normalized spacial score (nSPS) is 12.2. The first-order chi connectivity index (χ1) is 13.2. The van der Waals surface area contributed by atoms with Crippen LogP contribution in [0.3, 0.4) is 0 Å². The van der Waals surface area contributed by atoms with Crippen LogP contribution in [0.15, 0.2) is 0 Å². The Balaban J connectivity index is 5.31. The van der Waals surface area contributed by atoms with Gasteiger partial charge >= 0.3 is 0 Å². The van der Waals surface area contributed by atoms with Crippen molar-refractivity contribution in [3.05, 3.63) is 0 Å². The fraction of sp³-hybridized carbons (Fsp3) is 1.00. The largest absolute Gasteiger partial charge is 0.0654 e. The van der Waals surface area contributed by atoms with Gasteiger partial charge in [0.05, 0.1) is 0 Å². The standard InChI is InChI=1S/C27H56/c1-6-11-16-21-26(22-17-12-7-2)27(23-18-13-8-3,24-19-14-9-4)25-20-15-10-5/h26H,6-25H2,1-5H3. The zero-order chi connectivity index (χ0) is 20.2. The van der Waals surface area contributed by atoms with Gasteiger partial charge in [0.25, 0.3) is 0 Å². The van der Waals surface area contributed by atoms with Crippen molar-refractivity contribution in [3.8, 4) is 0 Å². The molecule has 0 unspecified atom stereocenters. The molecule has 0 spiro atoms. The van der Waals surface area contributed by atoms with E-state index < -0.39 is 0 Å². The number of rotatable bonds is 21. The van der Waals surface area contributed by atoms with Crippen molar-refractivity contribution in [2.24, 2.45) is 11.3 Å². The Labute approximate surface area is 174 Å². The minimum absolute atomic E-state index is 0.668. The maximum Gasteiger partial charge on any atom is -0.0269 e. The molecule has 0 aliphatic heterocycles. The van der Waals surface area contributed by atoms with Crippen LogP contribution in [0.25, 0.3) is 0 Å². The summed E-state index contributed by atoms with van der Waals surface area (Å²) in [6.45, 7) is 11.8. The molecule has 0 heteroatoms. The minimum atomic E-state index is 0.668. The first-order valence-electron chi connectivity index (χ1n) is 13.2. The van der Waals surface area contributed by atoms with Crippen molar-refractivity contribution in [1.82, 2.24) is 0 Å². The van der Waals surface area contributed by atoms with Gasteiger partial charge in [0, 0.05) is 0 Å². The Morgan fingerprint density at radius 1 is 0.407 bits per heavy atom. The average molecular weight is 381 g/mol. The van der Waals surface area contributed by atoms with Gasteiger partial charge in [-0.15, -0.1) is 0 Å². The van der Waals surface area contributed by atoms with Crippen molar-refractivity contribution in [2.75, 3.05) is 0 Å². The van der Waals surface area contributed by atoms with Gasteiger partial charge in [0.1, 0.15) is 0 Å². The molecule has 0 aromatic heterocycles. The van der Waals surface area contributed by atoms with Crippen molar-refractivity contribution in [2.45, 2.75) is 163 Å². The van der Waals surface area contributed by atoms with Crippen LogP contribution in [0.1, 0.15) is 163 Å². The summed E-state index contributed by atoms with van der Waals surface area (Å²) in [6, 6.07) is 0. The summed E-state index contributed by atoms with van der Waals surface area (Å²) in [6.07, 6.45) is 29.1. The van der Waals surface area contributed by atoms with E-state index in [0.29, 0.717) is 5.41 Å². The minimum Gasteiger partial charge on any atom is -0.0654 e. The molecule has 0 atom stereocenters. The second-order valence-electron chi connectivity index (χ2n) is 9.42. The van der Waals surface area contributed by atoms with Gasteiger partial charge in [0.15, 0.2) is 0 Å². The second-order valence-corrected chi connectivity index (χ2v) is 9.42. The lowest BCUT2D eigenvalue weighted by Crippen LogP contribution is -2.31. The van der Waals surface area contributed by atoms with Crippen LogP contribution in [0.5, 0.6) is 0 Å². The van der Waals surface area contributed by atoms with Crippen LogP contribution in [0.4, 0.5) is 0 Å². The van der Waals surface area contributed by atoms with Crippen molar-refractivity contribution < 1.29 is 0 Å². The average Bonchev–Trinajstić information content (AvgIpc) is 2.67. The fourth-order valence-electron chi connectivity index (χ4n) is 5.21. The predicted molar refractivity (Wildman–Crippen MR) is 127 cm³/mol. The highest BCUT2D eigenvalue weighted by molar-refractivity contribution is 4.87. The molecule has 0 N–H and O–H groups in total. The highest BCUT2D eigenvalue weighted by Crippen LogP contribution is 2.48. The molecule has 0 saturated heterocycles. The summed E-state index contributed by atoms with van der Waals surface area (Å²) in [7, 11) is 0. The van der Waals surface area contributed by atoms with Gasteiger partial charge < -0.3 is 0 Å². The van der Waals surface area contributed by atoms with Crippen LogP contribution in [0.2, 0.25) is 0 Å². The summed E-state index contributed by atoms with van der Waals surface area (Å²) in [5.74, 6) is 1.00. The molecule has 0 heterocycles. The molecule has 0 aliphatic rings. The molecule has 0 nitrogen and oxygen atoms in total. The molecule has 27 heavy (non-hydrogen) atoms. The van der Waals surface area contributed by atoms with Crippen LogP contribution < -0.4 is 0 Å². The SMILES string of the molecule is CCCCCC(CCCCC)C(CCCCC)(CCCCC)CCCCC. The van der Waals surface area contributed by atoms with E-state index in [9.17, 15) is 0 Å². The number of hydrogen-bond donors (Lipinski definition) is 0. The molecule has 0 amide bonds. The molecule has 164 valence electrons. The van der Waals surface area contributed by atoms with Crippen LogP contribution in [0, 0.1) is 11.3 Å². The fourth-order valence-corrected chi connectivity index (χ4v) is 5.21. The van der Waals surface area contributed by atoms with E-state index >= 15 is 0 Å². The van der Waals surface area contributed by atoms with E-state index in [0.717, 1.165) is 5.92 Å². The molecule has 0 radical (unpaired) electrons. The zero-order valence-corrected chi connectivity index (χ0v) is 20.2. The Morgan fingerprint density at radius 2 is 0.704 bits per heavy atom. The monoisotopic (exact) mass is 380 g/mol. The summed E-state index contributed by atoms with van der Waals surface area (Å²) < 4.78 is 0. The third-order valence-corrected chi connectivity index (χ3v) is 7.01. The van der Waals surface area contributed by atoms with E-state index in [1.165, 1.54) is 128 Å². The molecule has 0 bridgehead atoms. The van der Waals surface area contributed by atoms with Crippen molar-refractivity contribution in [1.29, 1.82) is 0 Å². The molecular formula is C27H56. The molecule has 0 aromatic rings. The topological polar surface area (TPSA) is 0 Å². The van der Waals surface area contributed by atoms with Crippen LogP contribution in [-0.2, 0) is 0 Å². The number of unbranched alkanes of at least 4 members (excludes halogenated alkanes) is 10. The van der Waals surface area contributed by atoms with Crippen LogP contribution in [-0.4, -0.2) is 0 Å². The molecule has 0 saturated carbocycles. The maximum atomic E-state index is 2.37. The van der Waals surface area contributed by atoms with Crippen LogP contribution >= 0.6 is 0 Å². The second kappa shape index (κ2) is 19.3. The van der Waals surface area contributed by atoms with Gasteiger partial charge in [-0.1, -0.05) is 131 Å². The smallest absolute Gasteiger partial charge is 0.0269 e. The zero-order valence-electron chi connectivity index (χ0n) is 20.2. The van der Waals surface area contributed by atoms with Gasteiger partial charge in [-0.25, -0.2) is 0 Å². The third kappa shape index (κ3) is 13.0. The lowest BCUT2D eigenvalue weighted by atomic mass is 9.62. The molecule has 0 aliphatic carbocycles. The first kappa shape index (κ1) is 27.0. The van der Waals surface area contributed by atoms with Gasteiger partial charge in [0.2, 0.25) is 0 Å². The first-order valence-corrected chi connectivity index (χ1v) is 13.2. The van der Waals surface area contributed by atoms with Gasteiger partial charge in [-0.05, 0) is 43.4 Å². The van der Waals surface area contributed by atoms with Gasteiger partial charge in [-0.3, -0.25) is 0 Å². The van der Waals surface area contributed by atoms with Crippen molar-refractivity contribution in [3.63, 3.8) is 0 Å². The number of hydrogen-bond acceptors (Lipinski definition) is 0. The highest BCUT2D eigenvalue weighted by atomic mass is 14.4. The Morgan fingerprint density at radius 3 is 1.00 bits per heavy atom. The van der Waals surface area contributed by atoms with E-state index in [4.69, 9.17) is 0 Å². The quantitative estimate of drug-likeness (QED) is 0.174. The van der Waals surface area contributed by atoms with E-state index in [-0.39, 0.29) is 0 Å². The molecule has 0 rings (SSSR count). The Bertz CT molecular complexity index is 243. The maximum absolute atomic E-state index is 2.37. The third-order valence-electron chi connectivity index (χ3n) is 7.01. The van der Waals surface area contributed by atoms with E-state index in [1.807, 2.05) is 0 Å². The Kier molecular flexibility index (Phi) is 19.3. The molecule has 0 aromatic carbocycles. The summed E-state index contributed by atoms with van der Waals surface area (Å²) >= 11 is 0. The summed E-state index contributed by atoms with van der Waals surface area (Å²) in [4.78, 5) is 0. The highest BCUT2D eigenvalue weighted by Gasteiger charge is 2.36.